The van der Waals surface area contributed by atoms with Crippen molar-refractivity contribution in [3.05, 3.63) is 130 Å². The number of non-ortho nitro benzene ring substituents is 1. The maximum atomic E-state index is 13.2. The number of hydrogen-bond donors (Lipinski definition) is 2. The number of nitro benzene ring substituents is 1. The number of aromatic nitrogens is 2. The number of H-pyrrole nitrogens is 1. The molecule has 5 rings (SSSR count). The molecule has 2 aromatic heterocycles. The molecule has 0 bridgehead atoms. The second kappa shape index (κ2) is 12.8. The van der Waals surface area contributed by atoms with Gasteiger partial charge in [-0.05, 0) is 47.0 Å². The van der Waals surface area contributed by atoms with E-state index in [1.54, 1.807) is 25.4 Å². The normalized spacial score (nSPS) is 11.6. The highest BCUT2D eigenvalue weighted by Gasteiger charge is 2.24. The van der Waals surface area contributed by atoms with Crippen molar-refractivity contribution in [2.45, 2.75) is 25.4 Å². The van der Waals surface area contributed by atoms with E-state index >= 15 is 0 Å². The molecular formula is C32H30N4O5. The Bertz CT molecular complexity index is 1640. The number of aromatic amines is 1. The summed E-state index contributed by atoms with van der Waals surface area (Å²) in [6.07, 6.45) is 4.28. The number of nitrogens with one attached hydrogen (secondary N) is 2. The molecule has 9 heteroatoms. The van der Waals surface area contributed by atoms with E-state index in [9.17, 15) is 14.9 Å². The first-order chi connectivity index (χ1) is 20.0. The number of fused-ring (bicyclic) bond motifs is 1. The van der Waals surface area contributed by atoms with E-state index in [0.29, 0.717) is 36.5 Å². The Morgan fingerprint density at radius 1 is 1.02 bits per heavy atom. The summed E-state index contributed by atoms with van der Waals surface area (Å²) in [5.74, 6) is 0.560. The van der Waals surface area contributed by atoms with Crippen LogP contribution in [0.2, 0.25) is 0 Å². The van der Waals surface area contributed by atoms with Crippen molar-refractivity contribution in [3.63, 3.8) is 0 Å². The fraction of sp³-hybridized carbons (Fsp3) is 0.188. The molecule has 1 atom stereocenters. The van der Waals surface area contributed by atoms with Crippen molar-refractivity contribution < 1.29 is 19.2 Å². The molecule has 0 unspecified atom stereocenters. The third-order valence-electron chi connectivity index (χ3n) is 6.93. The number of benzene rings is 3. The van der Waals surface area contributed by atoms with E-state index in [1.165, 1.54) is 6.07 Å². The summed E-state index contributed by atoms with van der Waals surface area (Å²) >= 11 is 0. The highest BCUT2D eigenvalue weighted by Crippen LogP contribution is 2.38. The maximum Gasteiger partial charge on any atom is 0.270 e. The van der Waals surface area contributed by atoms with Crippen molar-refractivity contribution in [1.29, 1.82) is 0 Å². The van der Waals surface area contributed by atoms with Crippen LogP contribution in [0.15, 0.2) is 97.3 Å². The Morgan fingerprint density at radius 2 is 1.85 bits per heavy atom. The summed E-state index contributed by atoms with van der Waals surface area (Å²) in [4.78, 5) is 31.8. The van der Waals surface area contributed by atoms with Crippen LogP contribution >= 0.6 is 0 Å². The summed E-state index contributed by atoms with van der Waals surface area (Å²) < 4.78 is 11.7. The smallest absolute Gasteiger partial charge is 0.270 e. The lowest BCUT2D eigenvalue weighted by molar-refractivity contribution is -0.384. The minimum Gasteiger partial charge on any atom is -0.493 e. The van der Waals surface area contributed by atoms with Gasteiger partial charge in [0.05, 0.1) is 12.0 Å². The molecule has 0 fully saturated rings. The van der Waals surface area contributed by atoms with Crippen molar-refractivity contribution in [2.75, 3.05) is 13.7 Å². The topological polar surface area (TPSA) is 119 Å². The van der Waals surface area contributed by atoms with Gasteiger partial charge in [0.15, 0.2) is 11.5 Å². The van der Waals surface area contributed by atoms with Crippen LogP contribution in [0.25, 0.3) is 10.9 Å². The lowest BCUT2D eigenvalue weighted by Gasteiger charge is -2.19. The van der Waals surface area contributed by atoms with Gasteiger partial charge in [0.1, 0.15) is 6.61 Å². The van der Waals surface area contributed by atoms with Crippen molar-refractivity contribution in [2.24, 2.45) is 0 Å². The third-order valence-corrected chi connectivity index (χ3v) is 6.93. The number of rotatable bonds is 12. The van der Waals surface area contributed by atoms with Gasteiger partial charge < -0.3 is 19.8 Å². The average molecular weight is 551 g/mol. The van der Waals surface area contributed by atoms with Crippen molar-refractivity contribution >= 4 is 22.5 Å². The molecule has 2 N–H and O–H groups in total. The molecule has 0 spiro atoms. The summed E-state index contributed by atoms with van der Waals surface area (Å²) in [5, 5.41) is 15.2. The zero-order chi connectivity index (χ0) is 28.6. The average Bonchev–Trinajstić information content (AvgIpc) is 3.43. The minimum absolute atomic E-state index is 0.0147. The Labute approximate surface area is 237 Å². The molecule has 9 nitrogen and oxygen atoms in total. The second-order valence-corrected chi connectivity index (χ2v) is 9.59. The first-order valence-corrected chi connectivity index (χ1v) is 13.3. The van der Waals surface area contributed by atoms with Crippen LogP contribution in [0.4, 0.5) is 5.69 Å². The maximum absolute atomic E-state index is 13.2. The van der Waals surface area contributed by atoms with E-state index in [-0.39, 0.29) is 18.0 Å². The zero-order valence-electron chi connectivity index (χ0n) is 22.6. The molecule has 208 valence electrons. The Kier molecular flexibility index (Phi) is 8.54. The molecule has 0 aliphatic heterocycles. The van der Waals surface area contributed by atoms with Crippen LogP contribution in [0.1, 0.15) is 34.7 Å². The number of hydrogen-bond acceptors (Lipinski definition) is 6. The lowest BCUT2D eigenvalue weighted by atomic mass is 9.87. The Hall–Kier alpha value is -5.18. The summed E-state index contributed by atoms with van der Waals surface area (Å²) in [7, 11) is 1.57. The molecule has 3 aromatic carbocycles. The lowest BCUT2D eigenvalue weighted by Crippen LogP contribution is -2.27. The molecule has 2 heterocycles. The second-order valence-electron chi connectivity index (χ2n) is 9.59. The number of amides is 1. The fourth-order valence-electron chi connectivity index (χ4n) is 4.83. The highest BCUT2D eigenvalue weighted by molar-refractivity contribution is 5.87. The Morgan fingerprint density at radius 3 is 2.61 bits per heavy atom. The van der Waals surface area contributed by atoms with E-state index in [4.69, 9.17) is 9.47 Å². The van der Waals surface area contributed by atoms with Gasteiger partial charge in [0, 0.05) is 66.4 Å². The number of carbonyl (C=O) groups excluding carboxylic acids is 1. The van der Waals surface area contributed by atoms with E-state index in [1.807, 2.05) is 72.9 Å². The monoisotopic (exact) mass is 550 g/mol. The van der Waals surface area contributed by atoms with Crippen LogP contribution < -0.4 is 14.8 Å². The number of nitrogens with zero attached hydrogens (tertiary/aromatic N) is 2. The first-order valence-electron chi connectivity index (χ1n) is 13.3. The van der Waals surface area contributed by atoms with Gasteiger partial charge in [-0.2, -0.15) is 0 Å². The van der Waals surface area contributed by atoms with Crippen molar-refractivity contribution in [3.8, 4) is 11.5 Å². The summed E-state index contributed by atoms with van der Waals surface area (Å²) in [6.45, 7) is 0.822. The van der Waals surface area contributed by atoms with Crippen molar-refractivity contribution in [1.82, 2.24) is 15.3 Å². The number of nitro groups is 1. The third kappa shape index (κ3) is 6.70. The molecule has 1 amide bonds. The van der Waals surface area contributed by atoms with Crippen LogP contribution in [0.3, 0.4) is 0 Å². The fourth-order valence-corrected chi connectivity index (χ4v) is 4.83. The molecule has 0 aliphatic carbocycles. The standard InChI is InChI=1S/C32H30N4O5/c1-40-31-17-23(10-13-30(31)41-21-22-7-3-2-4-8-22)26(19-32(37)34-16-14-24-9-5-6-15-33-24)28-20-35-29-12-11-25(36(38)39)18-27(28)29/h2-13,15,17-18,20,26,35H,14,16,19,21H2,1H3,(H,34,37)/t26-/m0/s1. The molecular weight excluding hydrogens is 520 g/mol. The number of pyridine rings is 1. The SMILES string of the molecule is COc1cc([C@H](CC(=O)NCCc2ccccn2)c2c[nH]c3ccc([N+](=O)[O-])cc23)ccc1OCc1ccccc1. The molecule has 0 saturated carbocycles. The number of carbonyl (C=O) groups is 1. The van der Waals surface area contributed by atoms with E-state index in [2.05, 4.69) is 15.3 Å². The van der Waals surface area contributed by atoms with Crippen LogP contribution in [-0.4, -0.2) is 34.5 Å². The minimum atomic E-state index is -0.419. The van der Waals surface area contributed by atoms with Gasteiger partial charge in [-0.15, -0.1) is 0 Å². The molecule has 0 radical (unpaired) electrons. The van der Waals surface area contributed by atoms with Gasteiger partial charge in [-0.1, -0.05) is 42.5 Å². The largest absolute Gasteiger partial charge is 0.493 e. The van der Waals surface area contributed by atoms with Crippen LogP contribution in [-0.2, 0) is 17.8 Å². The van der Waals surface area contributed by atoms with Gasteiger partial charge in [0.2, 0.25) is 5.91 Å². The first kappa shape index (κ1) is 27.4. The van der Waals surface area contributed by atoms with Crippen LogP contribution in [0.5, 0.6) is 11.5 Å². The van der Waals surface area contributed by atoms with E-state index < -0.39 is 10.8 Å². The predicted molar refractivity (Wildman–Crippen MR) is 156 cm³/mol. The molecule has 41 heavy (non-hydrogen) atoms. The molecule has 5 aromatic rings. The Balaban J connectivity index is 1.43. The van der Waals surface area contributed by atoms with Gasteiger partial charge in [-0.25, -0.2) is 0 Å². The zero-order valence-corrected chi connectivity index (χ0v) is 22.6. The quantitative estimate of drug-likeness (QED) is 0.147. The summed E-state index contributed by atoms with van der Waals surface area (Å²) in [6, 6.07) is 25.8. The van der Waals surface area contributed by atoms with Crippen LogP contribution in [0, 0.1) is 10.1 Å². The summed E-state index contributed by atoms with van der Waals surface area (Å²) in [5.41, 5.74) is 4.26. The van der Waals surface area contributed by atoms with E-state index in [0.717, 1.165) is 27.9 Å². The number of ether oxygens (including phenoxy) is 2. The number of methoxy groups -OCH3 is 1. The molecule has 0 aliphatic rings. The highest BCUT2D eigenvalue weighted by atomic mass is 16.6. The van der Waals surface area contributed by atoms with Gasteiger partial charge in [0.25, 0.3) is 5.69 Å². The molecule has 0 saturated heterocycles. The van der Waals surface area contributed by atoms with Gasteiger partial charge in [-0.3, -0.25) is 19.9 Å². The van der Waals surface area contributed by atoms with Gasteiger partial charge >= 0.3 is 0 Å². The predicted octanol–water partition coefficient (Wildman–Crippen LogP) is 5.94.